The van der Waals surface area contributed by atoms with Crippen molar-refractivity contribution >= 4 is 11.3 Å². The zero-order valence-corrected chi connectivity index (χ0v) is 11.8. The van der Waals surface area contributed by atoms with Gasteiger partial charge >= 0.3 is 0 Å². The number of rotatable bonds is 3. The van der Waals surface area contributed by atoms with Crippen LogP contribution in [0.2, 0.25) is 0 Å². The van der Waals surface area contributed by atoms with E-state index in [0.29, 0.717) is 5.92 Å². The third-order valence-electron chi connectivity index (χ3n) is 3.20. The summed E-state index contributed by atoms with van der Waals surface area (Å²) in [5.74, 6) is 0.512. The molecule has 1 aliphatic heterocycles. The molecule has 2 rings (SSSR count). The summed E-state index contributed by atoms with van der Waals surface area (Å²) in [6.07, 6.45) is 1.99. The van der Waals surface area contributed by atoms with Gasteiger partial charge in [-0.3, -0.25) is 4.90 Å². The van der Waals surface area contributed by atoms with Crippen molar-refractivity contribution in [2.75, 3.05) is 13.1 Å². The van der Waals surface area contributed by atoms with Crippen LogP contribution < -0.4 is 0 Å². The molecule has 96 valence electrons. The summed E-state index contributed by atoms with van der Waals surface area (Å²) < 4.78 is 0. The Morgan fingerprint density at radius 1 is 1.59 bits per heavy atom. The Morgan fingerprint density at radius 2 is 2.35 bits per heavy atom. The maximum Gasteiger partial charge on any atom is 0.0954 e. The Bertz CT molecular complexity index is 373. The highest BCUT2D eigenvalue weighted by Gasteiger charge is 2.28. The van der Waals surface area contributed by atoms with Gasteiger partial charge in [-0.25, -0.2) is 4.98 Å². The van der Waals surface area contributed by atoms with Gasteiger partial charge in [0.05, 0.1) is 16.3 Å². The zero-order valence-electron chi connectivity index (χ0n) is 10.9. The normalized spacial score (nSPS) is 26.6. The van der Waals surface area contributed by atoms with Crippen LogP contribution in [0.15, 0.2) is 5.38 Å². The minimum absolute atomic E-state index is 0.512. The maximum atomic E-state index is 10.1. The minimum Gasteiger partial charge on any atom is -0.389 e. The number of hydrogen-bond donors (Lipinski definition) is 1. The summed E-state index contributed by atoms with van der Waals surface area (Å²) in [7, 11) is 0. The lowest BCUT2D eigenvalue weighted by atomic mass is 9.95. The molecule has 0 bridgehead atoms. The first-order valence-electron chi connectivity index (χ1n) is 6.35. The number of aromatic nitrogens is 1. The molecule has 0 aromatic carbocycles. The molecule has 1 atom stereocenters. The quantitative estimate of drug-likeness (QED) is 0.901. The van der Waals surface area contributed by atoms with Crippen molar-refractivity contribution in [3.8, 4) is 0 Å². The van der Waals surface area contributed by atoms with Crippen LogP contribution in [0.4, 0.5) is 0 Å². The van der Waals surface area contributed by atoms with Crippen LogP contribution in [0.3, 0.4) is 0 Å². The molecule has 1 saturated heterocycles. The number of piperidine rings is 1. The predicted molar refractivity (Wildman–Crippen MR) is 71.3 cm³/mol. The van der Waals surface area contributed by atoms with Crippen LogP contribution in [0, 0.1) is 0 Å². The molecule has 1 aliphatic rings. The van der Waals surface area contributed by atoms with E-state index in [9.17, 15) is 5.11 Å². The number of β-amino-alcohol motifs (C(OH)–C–C–N with tert-alkyl or cyclic N) is 1. The van der Waals surface area contributed by atoms with Crippen molar-refractivity contribution in [2.24, 2.45) is 0 Å². The number of nitrogens with zero attached hydrogens (tertiary/aromatic N) is 2. The van der Waals surface area contributed by atoms with E-state index in [1.165, 1.54) is 5.01 Å². The molecule has 3 nitrogen and oxygen atoms in total. The van der Waals surface area contributed by atoms with Gasteiger partial charge in [-0.05, 0) is 26.3 Å². The molecule has 0 amide bonds. The van der Waals surface area contributed by atoms with Gasteiger partial charge in [0.15, 0.2) is 0 Å². The molecule has 1 N–H and O–H groups in total. The SMILES string of the molecule is CC(C)c1nc(CN2CCCC(C)(O)C2)cs1. The minimum atomic E-state index is -0.519. The van der Waals surface area contributed by atoms with Crippen molar-refractivity contribution in [1.82, 2.24) is 9.88 Å². The lowest BCUT2D eigenvalue weighted by Gasteiger charge is -2.36. The fraction of sp³-hybridized carbons (Fsp3) is 0.769. The Hall–Kier alpha value is -0.450. The highest BCUT2D eigenvalue weighted by Crippen LogP contribution is 2.24. The molecule has 0 saturated carbocycles. The van der Waals surface area contributed by atoms with E-state index in [2.05, 4.69) is 29.1 Å². The topological polar surface area (TPSA) is 36.4 Å². The number of likely N-dealkylation sites (tertiary alicyclic amines) is 1. The van der Waals surface area contributed by atoms with E-state index < -0.39 is 5.60 Å². The molecule has 0 spiro atoms. The summed E-state index contributed by atoms with van der Waals surface area (Å²) in [6, 6.07) is 0. The fourth-order valence-corrected chi connectivity index (χ4v) is 3.17. The molecule has 1 aromatic heterocycles. The molecule has 1 unspecified atom stereocenters. The van der Waals surface area contributed by atoms with Crippen molar-refractivity contribution in [2.45, 2.75) is 51.7 Å². The number of hydrogen-bond acceptors (Lipinski definition) is 4. The average molecular weight is 254 g/mol. The highest BCUT2D eigenvalue weighted by atomic mass is 32.1. The van der Waals surface area contributed by atoms with E-state index in [1.54, 1.807) is 11.3 Å². The predicted octanol–water partition coefficient (Wildman–Crippen LogP) is 2.61. The van der Waals surface area contributed by atoms with E-state index in [1.807, 2.05) is 6.92 Å². The average Bonchev–Trinajstić information content (AvgIpc) is 2.64. The molecular weight excluding hydrogens is 232 g/mol. The summed E-state index contributed by atoms with van der Waals surface area (Å²) >= 11 is 1.75. The monoisotopic (exact) mass is 254 g/mol. The second kappa shape index (κ2) is 5.04. The first-order valence-corrected chi connectivity index (χ1v) is 7.23. The van der Waals surface area contributed by atoms with Crippen molar-refractivity contribution in [3.63, 3.8) is 0 Å². The van der Waals surface area contributed by atoms with Crippen LogP contribution in [0.1, 0.15) is 50.2 Å². The van der Waals surface area contributed by atoms with E-state index in [0.717, 1.165) is 38.2 Å². The lowest BCUT2D eigenvalue weighted by Crippen LogP contribution is -2.45. The van der Waals surface area contributed by atoms with E-state index in [4.69, 9.17) is 0 Å². The van der Waals surface area contributed by atoms with Crippen LogP contribution >= 0.6 is 11.3 Å². The van der Waals surface area contributed by atoms with Gasteiger partial charge in [0.2, 0.25) is 0 Å². The molecule has 0 aliphatic carbocycles. The highest BCUT2D eigenvalue weighted by molar-refractivity contribution is 7.09. The first kappa shape index (κ1) is 13.0. The molecule has 1 fully saturated rings. The van der Waals surface area contributed by atoms with Crippen LogP contribution in [0.25, 0.3) is 0 Å². The van der Waals surface area contributed by atoms with Crippen molar-refractivity contribution < 1.29 is 5.11 Å². The lowest BCUT2D eigenvalue weighted by molar-refractivity contribution is -0.0184. The second-order valence-electron chi connectivity index (χ2n) is 5.64. The Morgan fingerprint density at radius 3 is 2.94 bits per heavy atom. The molecule has 17 heavy (non-hydrogen) atoms. The van der Waals surface area contributed by atoms with Gasteiger partial charge in [0.25, 0.3) is 0 Å². The van der Waals surface area contributed by atoms with E-state index in [-0.39, 0.29) is 0 Å². The largest absolute Gasteiger partial charge is 0.389 e. The Labute approximate surface area is 107 Å². The standard InChI is InChI=1S/C13H22N2OS/c1-10(2)12-14-11(8-17-12)7-15-6-4-5-13(3,16)9-15/h8,10,16H,4-7,9H2,1-3H3. The van der Waals surface area contributed by atoms with Crippen molar-refractivity contribution in [3.05, 3.63) is 16.1 Å². The zero-order chi connectivity index (χ0) is 12.5. The van der Waals surface area contributed by atoms with Crippen LogP contribution in [-0.2, 0) is 6.54 Å². The van der Waals surface area contributed by atoms with Gasteiger partial charge in [-0.2, -0.15) is 0 Å². The maximum absolute atomic E-state index is 10.1. The Kier molecular flexibility index (Phi) is 3.85. The van der Waals surface area contributed by atoms with Gasteiger partial charge in [0, 0.05) is 24.4 Å². The molecule has 2 heterocycles. The first-order chi connectivity index (χ1) is 7.96. The summed E-state index contributed by atoms with van der Waals surface area (Å²) in [5.41, 5.74) is 0.631. The van der Waals surface area contributed by atoms with Crippen molar-refractivity contribution in [1.29, 1.82) is 0 Å². The third-order valence-corrected chi connectivity index (χ3v) is 4.40. The summed E-state index contributed by atoms with van der Waals surface area (Å²) in [4.78, 5) is 6.96. The molecule has 1 aromatic rings. The Balaban J connectivity index is 1.95. The number of aliphatic hydroxyl groups is 1. The molecule has 0 radical (unpaired) electrons. The van der Waals surface area contributed by atoms with Gasteiger partial charge in [-0.15, -0.1) is 11.3 Å². The molecule has 4 heteroatoms. The summed E-state index contributed by atoms with van der Waals surface area (Å²) in [6.45, 7) is 8.99. The van der Waals surface area contributed by atoms with Crippen LogP contribution in [0.5, 0.6) is 0 Å². The van der Waals surface area contributed by atoms with E-state index >= 15 is 0 Å². The third kappa shape index (κ3) is 3.50. The fourth-order valence-electron chi connectivity index (χ4n) is 2.35. The molecular formula is C13H22N2OS. The van der Waals surface area contributed by atoms with Gasteiger partial charge < -0.3 is 5.11 Å². The summed E-state index contributed by atoms with van der Waals surface area (Å²) in [5, 5.41) is 13.4. The second-order valence-corrected chi connectivity index (χ2v) is 6.53. The van der Waals surface area contributed by atoms with Gasteiger partial charge in [-0.1, -0.05) is 13.8 Å². The van der Waals surface area contributed by atoms with Crippen LogP contribution in [-0.4, -0.2) is 33.7 Å². The van der Waals surface area contributed by atoms with Gasteiger partial charge in [0.1, 0.15) is 0 Å². The smallest absolute Gasteiger partial charge is 0.0954 e. The number of thiazole rings is 1.